The minimum atomic E-state index is -0.436. The predicted molar refractivity (Wildman–Crippen MR) is 66.4 cm³/mol. The van der Waals surface area contributed by atoms with Crippen molar-refractivity contribution in [2.24, 2.45) is 0 Å². The fraction of sp³-hybridized carbons (Fsp3) is 0.545. The zero-order chi connectivity index (χ0) is 12.3. The van der Waals surface area contributed by atoms with Crippen LogP contribution in [0, 0.1) is 10.1 Å². The second kappa shape index (κ2) is 5.31. The quantitative estimate of drug-likeness (QED) is 0.511. The number of nitrogens with one attached hydrogen (secondary N) is 1. The molecule has 0 radical (unpaired) electrons. The molecule has 2 rings (SSSR count). The predicted octanol–water partition coefficient (Wildman–Crippen LogP) is 3.39. The first-order chi connectivity index (χ1) is 8.16. The third kappa shape index (κ3) is 3.06. The van der Waals surface area contributed by atoms with Gasteiger partial charge in [-0.25, -0.2) is 4.98 Å². The highest BCUT2D eigenvalue weighted by atomic mass is 35.5. The lowest BCUT2D eigenvalue weighted by Crippen LogP contribution is -2.22. The Labute approximate surface area is 104 Å². The summed E-state index contributed by atoms with van der Waals surface area (Å²) < 4.78 is 0. The Morgan fingerprint density at radius 2 is 2.12 bits per heavy atom. The van der Waals surface area contributed by atoms with Gasteiger partial charge in [0.15, 0.2) is 0 Å². The summed E-state index contributed by atoms with van der Waals surface area (Å²) in [5.74, 6) is 0. The monoisotopic (exact) mass is 255 g/mol. The van der Waals surface area contributed by atoms with Gasteiger partial charge in [0.2, 0.25) is 0 Å². The maximum absolute atomic E-state index is 10.9. The summed E-state index contributed by atoms with van der Waals surface area (Å²) in [6, 6.07) is 1.83. The van der Waals surface area contributed by atoms with Crippen LogP contribution in [0.4, 0.5) is 11.4 Å². The average molecular weight is 256 g/mol. The summed E-state index contributed by atoms with van der Waals surface area (Å²) in [6.07, 6.45) is 6.90. The van der Waals surface area contributed by atoms with E-state index in [4.69, 9.17) is 11.6 Å². The normalized spacial score (nSPS) is 16.8. The molecule has 1 aliphatic rings. The van der Waals surface area contributed by atoms with Crippen LogP contribution in [0.2, 0.25) is 5.15 Å². The van der Waals surface area contributed by atoms with E-state index in [0.29, 0.717) is 11.7 Å². The van der Waals surface area contributed by atoms with Crippen LogP contribution in [0.1, 0.15) is 32.1 Å². The molecule has 0 bridgehead atoms. The van der Waals surface area contributed by atoms with Gasteiger partial charge >= 0.3 is 5.69 Å². The van der Waals surface area contributed by atoms with E-state index in [1.54, 1.807) is 0 Å². The van der Waals surface area contributed by atoms with Gasteiger partial charge in [0.1, 0.15) is 17.0 Å². The first kappa shape index (κ1) is 12.1. The third-order valence-corrected chi connectivity index (χ3v) is 3.22. The molecular weight excluding hydrogens is 242 g/mol. The van der Waals surface area contributed by atoms with Crippen LogP contribution in [0.25, 0.3) is 0 Å². The Morgan fingerprint density at radius 3 is 2.76 bits per heavy atom. The van der Waals surface area contributed by atoms with Crippen LogP contribution in [-0.2, 0) is 0 Å². The topological polar surface area (TPSA) is 68.1 Å². The van der Waals surface area contributed by atoms with Crippen LogP contribution in [0.3, 0.4) is 0 Å². The van der Waals surface area contributed by atoms with E-state index in [2.05, 4.69) is 10.3 Å². The number of hydrogen-bond donors (Lipinski definition) is 1. The smallest absolute Gasteiger partial charge is 0.310 e. The van der Waals surface area contributed by atoms with E-state index in [9.17, 15) is 10.1 Å². The number of hydrogen-bond acceptors (Lipinski definition) is 4. The van der Waals surface area contributed by atoms with Gasteiger partial charge in [0.05, 0.1) is 4.92 Å². The molecule has 1 saturated carbocycles. The van der Waals surface area contributed by atoms with Crippen LogP contribution in [-0.4, -0.2) is 15.9 Å². The Kier molecular flexibility index (Phi) is 3.78. The summed E-state index contributed by atoms with van der Waals surface area (Å²) in [5, 5.41) is 14.3. The van der Waals surface area contributed by atoms with Gasteiger partial charge in [-0.15, -0.1) is 0 Å². The molecule has 5 nitrogen and oxygen atoms in total. The van der Waals surface area contributed by atoms with Gasteiger partial charge in [-0.1, -0.05) is 30.9 Å². The summed E-state index contributed by atoms with van der Waals surface area (Å²) >= 11 is 5.77. The van der Waals surface area contributed by atoms with E-state index in [1.165, 1.54) is 31.5 Å². The summed E-state index contributed by atoms with van der Waals surface area (Å²) in [6.45, 7) is 0. The van der Waals surface area contributed by atoms with Crippen molar-refractivity contribution in [3.05, 3.63) is 27.5 Å². The van der Waals surface area contributed by atoms with E-state index >= 15 is 0 Å². The van der Waals surface area contributed by atoms with Crippen molar-refractivity contribution in [3.63, 3.8) is 0 Å². The highest BCUT2D eigenvalue weighted by molar-refractivity contribution is 6.29. The zero-order valence-corrected chi connectivity index (χ0v) is 10.1. The molecule has 0 spiro atoms. The molecule has 0 saturated heterocycles. The van der Waals surface area contributed by atoms with Crippen LogP contribution in [0.15, 0.2) is 12.3 Å². The van der Waals surface area contributed by atoms with E-state index < -0.39 is 4.92 Å². The molecule has 1 aliphatic carbocycles. The van der Waals surface area contributed by atoms with Crippen molar-refractivity contribution < 1.29 is 4.92 Å². The maximum atomic E-state index is 10.9. The fourth-order valence-electron chi connectivity index (χ4n) is 2.15. The van der Waals surface area contributed by atoms with Crippen molar-refractivity contribution in [1.82, 2.24) is 4.98 Å². The molecule has 0 aliphatic heterocycles. The minimum Gasteiger partial charge on any atom is -0.377 e. The molecule has 0 amide bonds. The molecule has 1 heterocycles. The molecule has 6 heteroatoms. The zero-order valence-electron chi connectivity index (χ0n) is 9.36. The van der Waals surface area contributed by atoms with Gasteiger partial charge in [-0.2, -0.15) is 0 Å². The Morgan fingerprint density at radius 1 is 1.41 bits per heavy atom. The molecule has 1 aromatic heterocycles. The lowest BCUT2D eigenvalue weighted by molar-refractivity contribution is -0.384. The second-order valence-electron chi connectivity index (χ2n) is 4.26. The molecule has 1 fully saturated rings. The fourth-order valence-corrected chi connectivity index (χ4v) is 2.31. The van der Waals surface area contributed by atoms with Crippen molar-refractivity contribution in [3.8, 4) is 0 Å². The lowest BCUT2D eigenvalue weighted by Gasteiger charge is -2.23. The number of nitrogens with zero attached hydrogens (tertiary/aromatic N) is 2. The molecule has 1 N–H and O–H groups in total. The molecule has 92 valence electrons. The Bertz CT molecular complexity index is 419. The van der Waals surface area contributed by atoms with Gasteiger partial charge in [0.25, 0.3) is 0 Å². The van der Waals surface area contributed by atoms with Crippen molar-refractivity contribution in [1.29, 1.82) is 0 Å². The molecule has 17 heavy (non-hydrogen) atoms. The minimum absolute atomic E-state index is 0.0139. The van der Waals surface area contributed by atoms with E-state index in [-0.39, 0.29) is 10.8 Å². The number of rotatable bonds is 3. The molecule has 1 aromatic rings. The summed E-state index contributed by atoms with van der Waals surface area (Å²) in [5.41, 5.74) is 0.460. The summed E-state index contributed by atoms with van der Waals surface area (Å²) in [7, 11) is 0. The van der Waals surface area contributed by atoms with Crippen LogP contribution in [0.5, 0.6) is 0 Å². The molecule has 0 unspecified atom stereocenters. The van der Waals surface area contributed by atoms with Crippen molar-refractivity contribution in [2.75, 3.05) is 5.32 Å². The Hall–Kier alpha value is -1.36. The van der Waals surface area contributed by atoms with Crippen molar-refractivity contribution >= 4 is 23.0 Å². The number of pyridine rings is 1. The summed E-state index contributed by atoms with van der Waals surface area (Å²) in [4.78, 5) is 14.2. The van der Waals surface area contributed by atoms with E-state index in [1.807, 2.05) is 0 Å². The number of nitro groups is 1. The van der Waals surface area contributed by atoms with Gasteiger partial charge < -0.3 is 5.32 Å². The molecule has 0 aromatic carbocycles. The Balaban J connectivity index is 2.17. The molecule has 0 atom stereocenters. The van der Waals surface area contributed by atoms with E-state index in [0.717, 1.165) is 12.8 Å². The van der Waals surface area contributed by atoms with Crippen molar-refractivity contribution in [2.45, 2.75) is 38.1 Å². The largest absolute Gasteiger partial charge is 0.377 e. The first-order valence-electron chi connectivity index (χ1n) is 5.73. The highest BCUT2D eigenvalue weighted by Crippen LogP contribution is 2.29. The number of halogens is 1. The van der Waals surface area contributed by atoms with Gasteiger partial charge in [-0.05, 0) is 12.8 Å². The van der Waals surface area contributed by atoms with Crippen LogP contribution < -0.4 is 5.32 Å². The van der Waals surface area contributed by atoms with Gasteiger partial charge in [0, 0.05) is 12.1 Å². The SMILES string of the molecule is O=[N+]([O-])c1cnc(Cl)cc1NC1CCCCC1. The maximum Gasteiger partial charge on any atom is 0.310 e. The average Bonchev–Trinajstić information content (AvgIpc) is 2.30. The first-order valence-corrected chi connectivity index (χ1v) is 6.11. The standard InChI is InChI=1S/C11H14ClN3O2/c12-11-6-9(10(7-13-11)15(16)17)14-8-4-2-1-3-5-8/h6-8H,1-5H2,(H,13,14). The third-order valence-electron chi connectivity index (χ3n) is 3.01. The lowest BCUT2D eigenvalue weighted by atomic mass is 9.95. The number of anilines is 1. The second-order valence-corrected chi connectivity index (χ2v) is 4.65. The highest BCUT2D eigenvalue weighted by Gasteiger charge is 2.19. The van der Waals surface area contributed by atoms with Gasteiger partial charge in [-0.3, -0.25) is 10.1 Å². The molecular formula is C11H14ClN3O2. The number of aromatic nitrogens is 1. The van der Waals surface area contributed by atoms with Crippen LogP contribution >= 0.6 is 11.6 Å².